The standard InChI is InChI=1S/C16H18ClN3O/c1-3-18-16-12-9-21-7-6-14(12)19-15(20-16)11-5-4-10(2)13(17)8-11/h4-5,8H,3,6-7,9H2,1-2H3,(H,18,19,20). The number of nitrogens with one attached hydrogen (secondary N) is 1. The number of anilines is 1. The fourth-order valence-corrected chi connectivity index (χ4v) is 2.59. The minimum absolute atomic E-state index is 0.576. The number of aromatic nitrogens is 2. The van der Waals surface area contributed by atoms with Gasteiger partial charge in [-0.2, -0.15) is 0 Å². The van der Waals surface area contributed by atoms with Gasteiger partial charge in [-0.3, -0.25) is 0 Å². The van der Waals surface area contributed by atoms with E-state index in [-0.39, 0.29) is 0 Å². The summed E-state index contributed by atoms with van der Waals surface area (Å²) in [4.78, 5) is 9.36. The highest BCUT2D eigenvalue weighted by Crippen LogP contribution is 2.28. The monoisotopic (exact) mass is 303 g/mol. The van der Waals surface area contributed by atoms with E-state index in [0.29, 0.717) is 19.0 Å². The van der Waals surface area contributed by atoms with Crippen molar-refractivity contribution in [2.24, 2.45) is 0 Å². The van der Waals surface area contributed by atoms with Gasteiger partial charge >= 0.3 is 0 Å². The third-order valence-electron chi connectivity index (χ3n) is 3.60. The zero-order chi connectivity index (χ0) is 14.8. The molecule has 110 valence electrons. The van der Waals surface area contributed by atoms with Crippen molar-refractivity contribution >= 4 is 17.4 Å². The molecule has 0 unspecified atom stereocenters. The molecule has 0 aliphatic carbocycles. The van der Waals surface area contributed by atoms with Crippen LogP contribution in [0.4, 0.5) is 5.82 Å². The van der Waals surface area contributed by atoms with Gasteiger partial charge in [0.2, 0.25) is 0 Å². The van der Waals surface area contributed by atoms with Crippen LogP contribution in [0.3, 0.4) is 0 Å². The van der Waals surface area contributed by atoms with Gasteiger partial charge in [0.15, 0.2) is 5.82 Å². The lowest BCUT2D eigenvalue weighted by atomic mass is 10.1. The van der Waals surface area contributed by atoms with Gasteiger partial charge in [0.05, 0.1) is 18.9 Å². The Balaban J connectivity index is 2.09. The topological polar surface area (TPSA) is 47.0 Å². The zero-order valence-electron chi connectivity index (χ0n) is 12.2. The van der Waals surface area contributed by atoms with Crippen molar-refractivity contribution in [1.29, 1.82) is 0 Å². The van der Waals surface area contributed by atoms with Crippen LogP contribution in [0, 0.1) is 6.92 Å². The Morgan fingerprint density at radius 2 is 2.19 bits per heavy atom. The number of hydrogen-bond donors (Lipinski definition) is 1. The SMILES string of the molecule is CCNc1nc(-c2ccc(C)c(Cl)c2)nc2c1COCC2. The molecule has 1 aromatic heterocycles. The first-order valence-corrected chi connectivity index (χ1v) is 7.54. The van der Waals surface area contributed by atoms with Crippen LogP contribution in [0.1, 0.15) is 23.7 Å². The van der Waals surface area contributed by atoms with Crippen LogP contribution in [0.15, 0.2) is 18.2 Å². The summed E-state index contributed by atoms with van der Waals surface area (Å²) in [5.41, 5.74) is 4.14. The lowest BCUT2D eigenvalue weighted by Crippen LogP contribution is -2.17. The molecule has 1 N–H and O–H groups in total. The molecule has 1 aromatic carbocycles. The second kappa shape index (κ2) is 6.00. The van der Waals surface area contributed by atoms with Crippen LogP contribution >= 0.6 is 11.6 Å². The van der Waals surface area contributed by atoms with Crippen molar-refractivity contribution < 1.29 is 4.74 Å². The molecular formula is C16H18ClN3O. The van der Waals surface area contributed by atoms with E-state index in [0.717, 1.165) is 46.2 Å². The van der Waals surface area contributed by atoms with E-state index in [1.807, 2.05) is 25.1 Å². The summed E-state index contributed by atoms with van der Waals surface area (Å²) in [6.07, 6.45) is 0.822. The largest absolute Gasteiger partial charge is 0.376 e. The number of benzene rings is 1. The first kappa shape index (κ1) is 14.3. The predicted molar refractivity (Wildman–Crippen MR) is 84.7 cm³/mol. The molecule has 3 rings (SSSR count). The Morgan fingerprint density at radius 1 is 1.33 bits per heavy atom. The summed E-state index contributed by atoms with van der Waals surface area (Å²) in [6, 6.07) is 5.93. The normalized spacial score (nSPS) is 13.9. The maximum Gasteiger partial charge on any atom is 0.161 e. The van der Waals surface area contributed by atoms with Crippen molar-refractivity contribution in [1.82, 2.24) is 9.97 Å². The van der Waals surface area contributed by atoms with E-state index in [1.165, 1.54) is 0 Å². The number of rotatable bonds is 3. The summed E-state index contributed by atoms with van der Waals surface area (Å²) >= 11 is 6.22. The molecule has 0 saturated carbocycles. The van der Waals surface area contributed by atoms with E-state index in [4.69, 9.17) is 21.3 Å². The first-order valence-electron chi connectivity index (χ1n) is 7.17. The summed E-state index contributed by atoms with van der Waals surface area (Å²) in [5, 5.41) is 4.05. The minimum Gasteiger partial charge on any atom is -0.376 e. The fraction of sp³-hybridized carbons (Fsp3) is 0.375. The van der Waals surface area contributed by atoms with E-state index >= 15 is 0 Å². The Bertz CT molecular complexity index is 673. The summed E-state index contributed by atoms with van der Waals surface area (Å²) in [7, 11) is 0. The second-order valence-electron chi connectivity index (χ2n) is 5.12. The van der Waals surface area contributed by atoms with Crippen molar-refractivity contribution in [2.45, 2.75) is 26.9 Å². The molecule has 0 spiro atoms. The van der Waals surface area contributed by atoms with Crippen LogP contribution in [-0.2, 0) is 17.8 Å². The van der Waals surface area contributed by atoms with Gasteiger partial charge in [0, 0.05) is 29.1 Å². The minimum atomic E-state index is 0.576. The molecule has 0 atom stereocenters. The second-order valence-corrected chi connectivity index (χ2v) is 5.53. The van der Waals surface area contributed by atoms with E-state index in [9.17, 15) is 0 Å². The van der Waals surface area contributed by atoms with Gasteiger partial charge in [0.1, 0.15) is 5.82 Å². The Hall–Kier alpha value is -1.65. The first-order chi connectivity index (χ1) is 10.2. The van der Waals surface area contributed by atoms with Crippen molar-refractivity contribution in [3.8, 4) is 11.4 Å². The molecule has 21 heavy (non-hydrogen) atoms. The van der Waals surface area contributed by atoms with Gasteiger partial charge in [-0.1, -0.05) is 23.7 Å². The number of aryl methyl sites for hydroxylation is 1. The smallest absolute Gasteiger partial charge is 0.161 e. The third kappa shape index (κ3) is 2.87. The van der Waals surface area contributed by atoms with Gasteiger partial charge in [-0.25, -0.2) is 9.97 Å². The van der Waals surface area contributed by atoms with Crippen LogP contribution < -0.4 is 5.32 Å². The molecule has 2 aromatic rings. The predicted octanol–water partition coefficient (Wildman–Crippen LogP) is 3.61. The Labute approximate surface area is 129 Å². The summed E-state index contributed by atoms with van der Waals surface area (Å²) in [6.45, 7) is 6.15. The number of ether oxygens (including phenoxy) is 1. The summed E-state index contributed by atoms with van der Waals surface area (Å²) < 4.78 is 5.52. The van der Waals surface area contributed by atoms with Crippen molar-refractivity contribution in [2.75, 3.05) is 18.5 Å². The zero-order valence-corrected chi connectivity index (χ0v) is 13.0. The quantitative estimate of drug-likeness (QED) is 0.941. The van der Waals surface area contributed by atoms with Crippen LogP contribution in [0.25, 0.3) is 11.4 Å². The van der Waals surface area contributed by atoms with E-state index in [1.54, 1.807) is 0 Å². The fourth-order valence-electron chi connectivity index (χ4n) is 2.41. The van der Waals surface area contributed by atoms with Gasteiger partial charge in [-0.05, 0) is 25.5 Å². The highest BCUT2D eigenvalue weighted by atomic mass is 35.5. The van der Waals surface area contributed by atoms with Crippen LogP contribution in [-0.4, -0.2) is 23.1 Å². The van der Waals surface area contributed by atoms with Gasteiger partial charge in [0.25, 0.3) is 0 Å². The Morgan fingerprint density at radius 3 is 2.95 bits per heavy atom. The van der Waals surface area contributed by atoms with Crippen molar-refractivity contribution in [3.05, 3.63) is 40.0 Å². The molecule has 2 heterocycles. The number of nitrogens with zero attached hydrogens (tertiary/aromatic N) is 2. The molecule has 1 aliphatic heterocycles. The Kier molecular flexibility index (Phi) is 4.08. The molecule has 0 fully saturated rings. The molecule has 0 bridgehead atoms. The van der Waals surface area contributed by atoms with E-state index in [2.05, 4.69) is 17.2 Å². The third-order valence-corrected chi connectivity index (χ3v) is 4.00. The van der Waals surface area contributed by atoms with E-state index < -0.39 is 0 Å². The highest BCUT2D eigenvalue weighted by molar-refractivity contribution is 6.31. The maximum absolute atomic E-state index is 6.22. The van der Waals surface area contributed by atoms with Crippen LogP contribution in [0.2, 0.25) is 5.02 Å². The van der Waals surface area contributed by atoms with Crippen molar-refractivity contribution in [3.63, 3.8) is 0 Å². The van der Waals surface area contributed by atoms with Gasteiger partial charge in [-0.15, -0.1) is 0 Å². The number of fused-ring (bicyclic) bond motifs is 1. The number of halogens is 1. The molecule has 0 radical (unpaired) electrons. The molecule has 0 saturated heterocycles. The van der Waals surface area contributed by atoms with Crippen LogP contribution in [0.5, 0.6) is 0 Å². The molecular weight excluding hydrogens is 286 g/mol. The highest BCUT2D eigenvalue weighted by Gasteiger charge is 2.18. The lowest BCUT2D eigenvalue weighted by molar-refractivity contribution is 0.109. The van der Waals surface area contributed by atoms with Gasteiger partial charge < -0.3 is 10.1 Å². The molecule has 0 amide bonds. The maximum atomic E-state index is 6.22. The number of hydrogen-bond acceptors (Lipinski definition) is 4. The molecule has 5 heteroatoms. The molecule has 4 nitrogen and oxygen atoms in total. The lowest BCUT2D eigenvalue weighted by Gasteiger charge is -2.20. The average molecular weight is 304 g/mol. The average Bonchev–Trinajstić information content (AvgIpc) is 2.50. The molecule has 1 aliphatic rings. The summed E-state index contributed by atoms with van der Waals surface area (Å²) in [5.74, 6) is 1.59.